The summed E-state index contributed by atoms with van der Waals surface area (Å²) in [6.45, 7) is 3.41. The van der Waals surface area contributed by atoms with Crippen molar-refractivity contribution in [3.63, 3.8) is 0 Å². The van der Waals surface area contributed by atoms with Crippen LogP contribution in [0, 0.1) is 12.8 Å². The summed E-state index contributed by atoms with van der Waals surface area (Å²) in [5.41, 5.74) is -0.778. The van der Waals surface area contributed by atoms with Gasteiger partial charge in [0.2, 0.25) is 5.91 Å². The van der Waals surface area contributed by atoms with E-state index in [9.17, 15) is 22.2 Å². The van der Waals surface area contributed by atoms with Crippen molar-refractivity contribution >= 4 is 38.5 Å². The van der Waals surface area contributed by atoms with Gasteiger partial charge in [0.25, 0.3) is 0 Å². The highest BCUT2D eigenvalue weighted by atomic mass is 32.2. The molecule has 2 aliphatic heterocycles. The Balaban J connectivity index is 1.55. The molecule has 32 heavy (non-hydrogen) atoms. The number of amides is 1. The molecule has 5 nitrogen and oxygen atoms in total. The fourth-order valence-corrected chi connectivity index (χ4v) is 6.93. The summed E-state index contributed by atoms with van der Waals surface area (Å²) >= 11 is 1.62. The zero-order chi connectivity index (χ0) is 23.1. The number of carbonyl (C=O) groups is 1. The monoisotopic (exact) mass is 485 g/mol. The highest BCUT2D eigenvalue weighted by Gasteiger charge is 2.37. The number of rotatable bonds is 3. The number of hydrogen-bond donors (Lipinski definition) is 0. The van der Waals surface area contributed by atoms with Gasteiger partial charge >= 0.3 is 6.18 Å². The highest BCUT2D eigenvalue weighted by molar-refractivity contribution is 8.00. The Kier molecular flexibility index (Phi) is 6.28. The number of aromatic nitrogens is 1. The van der Waals surface area contributed by atoms with Gasteiger partial charge < -0.3 is 9.80 Å². The number of halogens is 3. The molecule has 0 aliphatic carbocycles. The van der Waals surface area contributed by atoms with Crippen LogP contribution in [0.3, 0.4) is 0 Å². The van der Waals surface area contributed by atoms with Crippen LogP contribution >= 0.6 is 11.3 Å². The summed E-state index contributed by atoms with van der Waals surface area (Å²) in [7, 11) is -2.07. The number of hydrogen-bond acceptors (Lipinski definition) is 5. The molecular formula is C22H26F3N3O2S2. The third kappa shape index (κ3) is 4.96. The molecule has 0 aromatic carbocycles. The van der Waals surface area contributed by atoms with Crippen LogP contribution in [0.4, 0.5) is 19.0 Å². The number of nitrogens with zero attached hydrogens (tertiary/aromatic N) is 3. The van der Waals surface area contributed by atoms with Gasteiger partial charge in [-0.2, -0.15) is 13.2 Å². The molecule has 0 saturated carbocycles. The van der Waals surface area contributed by atoms with Crippen molar-refractivity contribution in [1.29, 1.82) is 0 Å². The molecule has 4 rings (SSSR count). The average Bonchev–Trinajstić information content (AvgIpc) is 3.18. The van der Waals surface area contributed by atoms with Gasteiger partial charge in [-0.3, -0.25) is 9.00 Å². The van der Waals surface area contributed by atoms with Crippen LogP contribution in [-0.4, -0.2) is 57.0 Å². The van der Waals surface area contributed by atoms with Gasteiger partial charge in [-0.25, -0.2) is 4.98 Å². The molecule has 2 fully saturated rings. The Morgan fingerprint density at radius 3 is 2.47 bits per heavy atom. The molecule has 0 radical (unpaired) electrons. The zero-order valence-corrected chi connectivity index (χ0v) is 19.4. The maximum Gasteiger partial charge on any atom is 0.417 e. The fourth-order valence-electron chi connectivity index (χ4n) is 4.31. The Labute approximate surface area is 190 Å². The van der Waals surface area contributed by atoms with Crippen LogP contribution in [0.5, 0.6) is 0 Å². The SMILES string of the molecule is C=S1(=O)CCC(C(=O)N2CCN(c3ccc(C(F)(F)F)cn3)CC2c2ccc(C)s2)CC1. The number of aryl methyl sites for hydroxylation is 1. The largest absolute Gasteiger partial charge is 0.417 e. The first-order chi connectivity index (χ1) is 15.0. The van der Waals surface area contributed by atoms with E-state index in [1.165, 1.54) is 6.07 Å². The number of piperazine rings is 1. The molecule has 0 spiro atoms. The van der Waals surface area contributed by atoms with Gasteiger partial charge in [0.15, 0.2) is 0 Å². The van der Waals surface area contributed by atoms with E-state index in [4.69, 9.17) is 0 Å². The lowest BCUT2D eigenvalue weighted by atomic mass is 9.98. The molecular weight excluding hydrogens is 459 g/mol. The van der Waals surface area contributed by atoms with Crippen LogP contribution in [0.1, 0.15) is 34.2 Å². The third-order valence-corrected chi connectivity index (χ3v) is 9.24. The number of carbonyl (C=O) groups excluding carboxylic acids is 1. The van der Waals surface area contributed by atoms with E-state index < -0.39 is 21.3 Å². The molecule has 1 atom stereocenters. The van der Waals surface area contributed by atoms with Crippen molar-refractivity contribution < 1.29 is 22.2 Å². The van der Waals surface area contributed by atoms with Crippen LogP contribution < -0.4 is 4.90 Å². The third-order valence-electron chi connectivity index (χ3n) is 6.18. The molecule has 2 aliphatic rings. The predicted molar refractivity (Wildman–Crippen MR) is 123 cm³/mol. The van der Waals surface area contributed by atoms with E-state index in [1.807, 2.05) is 28.9 Å². The highest BCUT2D eigenvalue weighted by Crippen LogP contribution is 2.35. The lowest BCUT2D eigenvalue weighted by molar-refractivity contribution is -0.139. The van der Waals surface area contributed by atoms with Gasteiger partial charge in [-0.05, 0) is 59.4 Å². The number of thiophene rings is 1. The van der Waals surface area contributed by atoms with Gasteiger partial charge in [0, 0.05) is 53.0 Å². The fraction of sp³-hybridized carbons (Fsp3) is 0.500. The molecule has 10 heteroatoms. The lowest BCUT2D eigenvalue weighted by Crippen LogP contribution is -2.53. The van der Waals surface area contributed by atoms with Gasteiger partial charge in [0.05, 0.1) is 11.6 Å². The minimum Gasteiger partial charge on any atom is -0.352 e. The maximum absolute atomic E-state index is 13.4. The van der Waals surface area contributed by atoms with Gasteiger partial charge in [0.1, 0.15) is 5.82 Å². The molecule has 0 bridgehead atoms. The zero-order valence-electron chi connectivity index (χ0n) is 17.8. The first-order valence-electron chi connectivity index (χ1n) is 10.5. The van der Waals surface area contributed by atoms with E-state index in [2.05, 4.69) is 10.9 Å². The average molecular weight is 486 g/mol. The smallest absolute Gasteiger partial charge is 0.352 e. The maximum atomic E-state index is 13.4. The topological polar surface area (TPSA) is 53.5 Å². The van der Waals surface area contributed by atoms with Crippen LogP contribution in [0.2, 0.25) is 0 Å². The summed E-state index contributed by atoms with van der Waals surface area (Å²) in [6, 6.07) is 6.25. The van der Waals surface area contributed by atoms with Crippen LogP contribution in [-0.2, 0) is 20.5 Å². The molecule has 2 aromatic heterocycles. The van der Waals surface area contributed by atoms with Gasteiger partial charge in [-0.1, -0.05) is 0 Å². The molecule has 2 aromatic rings. The second-order valence-electron chi connectivity index (χ2n) is 8.49. The van der Waals surface area contributed by atoms with Crippen LogP contribution in [0.15, 0.2) is 30.5 Å². The number of alkyl halides is 3. The predicted octanol–water partition coefficient (Wildman–Crippen LogP) is 3.99. The van der Waals surface area contributed by atoms with Crippen molar-refractivity contribution in [2.45, 2.75) is 32.0 Å². The Hall–Kier alpha value is -2.07. The first kappa shape index (κ1) is 23.1. The first-order valence-corrected chi connectivity index (χ1v) is 13.4. The Bertz CT molecular complexity index is 1070. The van der Waals surface area contributed by atoms with Crippen molar-refractivity contribution in [3.8, 4) is 0 Å². The number of pyridine rings is 1. The lowest BCUT2D eigenvalue weighted by Gasteiger charge is -2.43. The second-order valence-corrected chi connectivity index (χ2v) is 12.6. The molecule has 4 heterocycles. The van der Waals surface area contributed by atoms with Crippen molar-refractivity contribution in [1.82, 2.24) is 9.88 Å². The molecule has 1 unspecified atom stereocenters. The van der Waals surface area contributed by atoms with E-state index in [-0.39, 0.29) is 17.9 Å². The Morgan fingerprint density at radius 2 is 1.91 bits per heavy atom. The second kappa shape index (κ2) is 8.70. The summed E-state index contributed by atoms with van der Waals surface area (Å²) in [6.07, 6.45) is -2.41. The molecule has 174 valence electrons. The van der Waals surface area contributed by atoms with Crippen molar-refractivity contribution in [2.75, 3.05) is 36.0 Å². The quantitative estimate of drug-likeness (QED) is 0.617. The summed E-state index contributed by atoms with van der Waals surface area (Å²) in [5, 5.41) is 0. The summed E-state index contributed by atoms with van der Waals surface area (Å²) < 4.78 is 50.9. The standard InChI is InChI=1S/C22H26F3N3O2S2/c1-15-3-5-19(31-15)18-14-27(20-6-4-17(13-26-20)22(23,24)25)9-10-28(18)21(29)16-7-11-32(2,30)12-8-16/h3-6,13,16,18H,2,7-12,14H2,1H3. The molecule has 1 amide bonds. The minimum atomic E-state index is -4.43. The molecule has 0 N–H and O–H groups in total. The van der Waals surface area contributed by atoms with Crippen LogP contribution in [0.25, 0.3) is 0 Å². The number of anilines is 1. The van der Waals surface area contributed by atoms with E-state index in [1.54, 1.807) is 11.3 Å². The normalized spacial score (nSPS) is 26.9. The van der Waals surface area contributed by atoms with Gasteiger partial charge in [-0.15, -0.1) is 11.3 Å². The Morgan fingerprint density at radius 1 is 1.19 bits per heavy atom. The van der Waals surface area contributed by atoms with Crippen molar-refractivity contribution in [2.24, 2.45) is 5.92 Å². The summed E-state index contributed by atoms with van der Waals surface area (Å²) in [4.78, 5) is 23.5. The van der Waals surface area contributed by atoms with E-state index in [0.717, 1.165) is 22.0 Å². The minimum absolute atomic E-state index is 0.0657. The summed E-state index contributed by atoms with van der Waals surface area (Å²) in [5.74, 6) is 5.11. The van der Waals surface area contributed by atoms with Crippen molar-refractivity contribution in [3.05, 3.63) is 45.8 Å². The van der Waals surface area contributed by atoms with E-state index in [0.29, 0.717) is 49.8 Å². The molecule has 2 saturated heterocycles. The van der Waals surface area contributed by atoms with E-state index >= 15 is 0 Å².